The van der Waals surface area contributed by atoms with Crippen LogP contribution in [0.4, 0.5) is 0 Å². The van der Waals surface area contributed by atoms with Gasteiger partial charge in [0.05, 0.1) is 0 Å². The Bertz CT molecular complexity index is 375. The Balaban J connectivity index is 2.12. The molecular weight excluding hydrogens is 256 g/mol. The zero-order valence-corrected chi connectivity index (χ0v) is 14.3. The van der Waals surface area contributed by atoms with Crippen LogP contribution >= 0.6 is 0 Å². The van der Waals surface area contributed by atoms with Crippen molar-refractivity contribution in [3.8, 4) is 0 Å². The van der Waals surface area contributed by atoms with E-state index in [9.17, 15) is 0 Å². The molecule has 1 aromatic heterocycles. The molecule has 1 heteroatoms. The summed E-state index contributed by atoms with van der Waals surface area (Å²) in [5, 5.41) is 0. The first kappa shape index (κ1) is 18.1. The molecule has 0 unspecified atom stereocenters. The maximum absolute atomic E-state index is 6.01. The van der Waals surface area contributed by atoms with E-state index in [1.807, 2.05) is 6.08 Å². The summed E-state index contributed by atoms with van der Waals surface area (Å²) in [5.41, 5.74) is 1.35. The van der Waals surface area contributed by atoms with Gasteiger partial charge >= 0.3 is 0 Å². The van der Waals surface area contributed by atoms with Crippen LogP contribution in [0.1, 0.15) is 88.2 Å². The maximum Gasteiger partial charge on any atom is 0.107 e. The zero-order chi connectivity index (χ0) is 15.3. The van der Waals surface area contributed by atoms with Gasteiger partial charge in [0.25, 0.3) is 0 Å². The highest BCUT2D eigenvalue weighted by atomic mass is 16.3. The average Bonchev–Trinajstić information content (AvgIpc) is 2.82. The average molecular weight is 290 g/mol. The summed E-state index contributed by atoms with van der Waals surface area (Å²) in [4.78, 5) is 0. The molecule has 0 saturated carbocycles. The van der Waals surface area contributed by atoms with Crippen LogP contribution in [0.3, 0.4) is 0 Å². The summed E-state index contributed by atoms with van der Waals surface area (Å²) in [6.45, 7) is 8.20. The van der Waals surface area contributed by atoms with Crippen LogP contribution in [0.25, 0.3) is 0 Å². The molecule has 0 radical (unpaired) electrons. The first-order valence-electron chi connectivity index (χ1n) is 8.97. The van der Waals surface area contributed by atoms with Crippen molar-refractivity contribution in [1.29, 1.82) is 0 Å². The first-order valence-corrected chi connectivity index (χ1v) is 8.97. The van der Waals surface area contributed by atoms with Crippen LogP contribution in [-0.4, -0.2) is 0 Å². The molecule has 0 fully saturated rings. The molecule has 21 heavy (non-hydrogen) atoms. The van der Waals surface area contributed by atoms with Crippen LogP contribution in [0.2, 0.25) is 0 Å². The van der Waals surface area contributed by atoms with Gasteiger partial charge < -0.3 is 4.42 Å². The fraction of sp³-hybridized carbons (Fsp3) is 0.700. The number of furan rings is 1. The third kappa shape index (κ3) is 8.14. The van der Waals surface area contributed by atoms with Crippen molar-refractivity contribution in [2.24, 2.45) is 0 Å². The lowest BCUT2D eigenvalue weighted by Crippen LogP contribution is -1.86. The molecular formula is C20H34O. The molecule has 0 saturated heterocycles. The van der Waals surface area contributed by atoms with Crippen LogP contribution < -0.4 is 0 Å². The topological polar surface area (TPSA) is 13.1 Å². The van der Waals surface area contributed by atoms with Crippen LogP contribution in [0.15, 0.2) is 23.1 Å². The molecule has 1 nitrogen and oxygen atoms in total. The van der Waals surface area contributed by atoms with Gasteiger partial charge in [0.2, 0.25) is 0 Å². The van der Waals surface area contributed by atoms with Crippen molar-refractivity contribution in [2.75, 3.05) is 0 Å². The summed E-state index contributed by atoms with van der Waals surface area (Å²) < 4.78 is 6.01. The van der Waals surface area contributed by atoms with Gasteiger partial charge in [0.15, 0.2) is 0 Å². The third-order valence-corrected chi connectivity index (χ3v) is 4.16. The highest BCUT2D eigenvalue weighted by Gasteiger charge is 2.07. The highest BCUT2D eigenvalue weighted by molar-refractivity contribution is 5.20. The number of rotatable bonds is 13. The smallest absolute Gasteiger partial charge is 0.107 e. The molecule has 0 aliphatic heterocycles. The van der Waals surface area contributed by atoms with E-state index < -0.39 is 0 Å². The van der Waals surface area contributed by atoms with E-state index in [4.69, 9.17) is 4.42 Å². The summed E-state index contributed by atoms with van der Waals surface area (Å²) in [6, 6.07) is 2.25. The molecule has 1 aromatic rings. The van der Waals surface area contributed by atoms with Crippen molar-refractivity contribution < 1.29 is 4.42 Å². The van der Waals surface area contributed by atoms with Crippen molar-refractivity contribution in [2.45, 2.75) is 90.9 Å². The van der Waals surface area contributed by atoms with E-state index in [0.29, 0.717) is 0 Å². The van der Waals surface area contributed by atoms with Crippen molar-refractivity contribution in [3.63, 3.8) is 0 Å². The van der Waals surface area contributed by atoms with Gasteiger partial charge in [-0.3, -0.25) is 0 Å². The fourth-order valence-corrected chi connectivity index (χ4v) is 2.79. The summed E-state index contributed by atoms with van der Waals surface area (Å²) in [6.07, 6.45) is 17.3. The molecule has 0 spiro atoms. The van der Waals surface area contributed by atoms with Crippen molar-refractivity contribution >= 4 is 0 Å². The SMILES string of the molecule is C=CCCCCCCCCc1oc(CCCCC)cc1C. The molecule has 0 N–H and O–H groups in total. The molecule has 0 bridgehead atoms. The van der Waals surface area contributed by atoms with Gasteiger partial charge in [-0.1, -0.05) is 51.5 Å². The van der Waals surface area contributed by atoms with E-state index in [2.05, 4.69) is 26.5 Å². The molecule has 0 aliphatic rings. The van der Waals surface area contributed by atoms with E-state index in [1.54, 1.807) is 0 Å². The van der Waals surface area contributed by atoms with Gasteiger partial charge in [0.1, 0.15) is 11.5 Å². The minimum Gasteiger partial charge on any atom is -0.466 e. The lowest BCUT2D eigenvalue weighted by molar-refractivity contribution is 0.445. The monoisotopic (exact) mass is 290 g/mol. The van der Waals surface area contributed by atoms with Gasteiger partial charge in [-0.2, -0.15) is 0 Å². The molecule has 0 aromatic carbocycles. The predicted molar refractivity (Wildman–Crippen MR) is 92.9 cm³/mol. The van der Waals surface area contributed by atoms with Gasteiger partial charge in [-0.15, -0.1) is 6.58 Å². The summed E-state index contributed by atoms with van der Waals surface area (Å²) in [5.74, 6) is 2.42. The number of hydrogen-bond acceptors (Lipinski definition) is 1. The largest absolute Gasteiger partial charge is 0.466 e. The molecule has 0 aliphatic carbocycles. The second-order valence-electron chi connectivity index (χ2n) is 6.22. The summed E-state index contributed by atoms with van der Waals surface area (Å²) >= 11 is 0. The van der Waals surface area contributed by atoms with E-state index in [0.717, 1.165) is 12.8 Å². The molecule has 0 amide bonds. The molecule has 0 atom stereocenters. The molecule has 120 valence electrons. The standard InChI is InChI=1S/C20H34O/c1-4-6-8-9-10-11-12-14-16-20-18(3)17-19(21-20)15-13-7-5-2/h4,17H,1,5-16H2,2-3H3. The Labute approximate surface area is 131 Å². The molecule has 1 rings (SSSR count). The number of unbranched alkanes of at least 4 members (excludes halogenated alkanes) is 8. The van der Waals surface area contributed by atoms with Gasteiger partial charge in [-0.05, 0) is 44.2 Å². The quantitative estimate of drug-likeness (QED) is 0.288. The minimum atomic E-state index is 1.11. The zero-order valence-electron chi connectivity index (χ0n) is 14.3. The second kappa shape index (κ2) is 11.7. The third-order valence-electron chi connectivity index (χ3n) is 4.16. The first-order chi connectivity index (χ1) is 10.3. The second-order valence-corrected chi connectivity index (χ2v) is 6.22. The van der Waals surface area contributed by atoms with Gasteiger partial charge in [-0.25, -0.2) is 0 Å². The Morgan fingerprint density at radius 3 is 2.33 bits per heavy atom. The Morgan fingerprint density at radius 2 is 1.62 bits per heavy atom. The summed E-state index contributed by atoms with van der Waals surface area (Å²) in [7, 11) is 0. The van der Waals surface area contributed by atoms with E-state index >= 15 is 0 Å². The van der Waals surface area contributed by atoms with Crippen LogP contribution in [0, 0.1) is 6.92 Å². The number of aryl methyl sites for hydroxylation is 3. The van der Waals surface area contributed by atoms with Crippen LogP contribution in [-0.2, 0) is 12.8 Å². The normalized spacial score (nSPS) is 11.0. The fourth-order valence-electron chi connectivity index (χ4n) is 2.79. The molecule has 1 heterocycles. The highest BCUT2D eigenvalue weighted by Crippen LogP contribution is 2.19. The van der Waals surface area contributed by atoms with E-state index in [-0.39, 0.29) is 0 Å². The maximum atomic E-state index is 6.01. The number of hydrogen-bond donors (Lipinski definition) is 0. The predicted octanol–water partition coefficient (Wildman–Crippen LogP) is 6.78. The lowest BCUT2D eigenvalue weighted by atomic mass is 10.1. The Hall–Kier alpha value is -0.980. The number of allylic oxidation sites excluding steroid dienone is 1. The Morgan fingerprint density at radius 1 is 0.952 bits per heavy atom. The van der Waals surface area contributed by atoms with Gasteiger partial charge in [0, 0.05) is 12.8 Å². The minimum absolute atomic E-state index is 1.11. The lowest BCUT2D eigenvalue weighted by Gasteiger charge is -2.01. The van der Waals surface area contributed by atoms with Crippen molar-refractivity contribution in [3.05, 3.63) is 35.8 Å². The van der Waals surface area contributed by atoms with Crippen molar-refractivity contribution in [1.82, 2.24) is 0 Å². The van der Waals surface area contributed by atoms with E-state index in [1.165, 1.54) is 81.3 Å². The van der Waals surface area contributed by atoms with Crippen LogP contribution in [0.5, 0.6) is 0 Å². The Kier molecular flexibility index (Phi) is 10.0.